The second kappa shape index (κ2) is 12.7. The maximum absolute atomic E-state index is 15.2. The maximum Gasteiger partial charge on any atom is 0.307 e. The summed E-state index contributed by atoms with van der Waals surface area (Å²) in [7, 11) is 3.53. The van der Waals surface area contributed by atoms with Crippen molar-refractivity contribution in [2.45, 2.75) is 51.0 Å². The van der Waals surface area contributed by atoms with Crippen LogP contribution in [0.3, 0.4) is 0 Å². The molecule has 1 amide bonds. The van der Waals surface area contributed by atoms with Gasteiger partial charge in [-0.2, -0.15) is 0 Å². The number of thioether (sulfide) groups is 1. The van der Waals surface area contributed by atoms with Gasteiger partial charge < -0.3 is 10.0 Å². The molecular weight excluding hydrogens is 537 g/mol. The van der Waals surface area contributed by atoms with Gasteiger partial charge in [-0.3, -0.25) is 14.5 Å². The highest BCUT2D eigenvalue weighted by Crippen LogP contribution is 2.35. The average Bonchev–Trinajstić information content (AvgIpc) is 3.22. The number of likely N-dealkylation sites (N-methyl/N-ethyl adjacent to an activating group) is 1. The van der Waals surface area contributed by atoms with Crippen LogP contribution in [-0.4, -0.2) is 41.1 Å². The highest BCUT2D eigenvalue weighted by molar-refractivity contribution is 8.18. The predicted molar refractivity (Wildman–Crippen MR) is 164 cm³/mol. The van der Waals surface area contributed by atoms with Crippen molar-refractivity contribution in [1.29, 1.82) is 0 Å². The molecule has 1 aliphatic carbocycles. The lowest BCUT2D eigenvalue weighted by atomic mass is 9.84. The summed E-state index contributed by atoms with van der Waals surface area (Å²) in [5.74, 6) is -0.793. The van der Waals surface area contributed by atoms with Gasteiger partial charge >= 0.3 is 5.97 Å². The van der Waals surface area contributed by atoms with Crippen LogP contribution in [0.4, 0.5) is 15.8 Å². The van der Waals surface area contributed by atoms with E-state index < -0.39 is 5.97 Å². The molecule has 0 bridgehead atoms. The third-order valence-electron chi connectivity index (χ3n) is 7.68. The van der Waals surface area contributed by atoms with Crippen LogP contribution in [0.5, 0.6) is 0 Å². The van der Waals surface area contributed by atoms with Gasteiger partial charge in [-0.05, 0) is 83.1 Å². The standard InChI is InChI=1S/C33H34FN3O3S/c1-36(21-23-8-13-26(14-9-23)25-6-4-3-5-7-25)29-17-12-24(18-28(29)34)19-30-32(40)37(2)33(41-30)35-27-15-10-22(11-16-27)20-31(38)39/h8-19,25H,3-7,20-21H2,1-2H3,(H,38,39). The van der Waals surface area contributed by atoms with Gasteiger partial charge in [0.1, 0.15) is 5.82 Å². The zero-order valence-electron chi connectivity index (χ0n) is 23.3. The molecule has 0 aromatic heterocycles. The van der Waals surface area contributed by atoms with E-state index in [-0.39, 0.29) is 18.1 Å². The first-order valence-electron chi connectivity index (χ1n) is 13.9. The highest BCUT2D eigenvalue weighted by atomic mass is 32.2. The minimum atomic E-state index is -0.897. The summed E-state index contributed by atoms with van der Waals surface area (Å²) < 4.78 is 15.2. The molecule has 1 heterocycles. The van der Waals surface area contributed by atoms with Gasteiger partial charge in [-0.1, -0.05) is 61.7 Å². The van der Waals surface area contributed by atoms with Gasteiger partial charge in [0.15, 0.2) is 5.17 Å². The minimum absolute atomic E-state index is 0.0600. The average molecular weight is 572 g/mol. The van der Waals surface area contributed by atoms with Crippen molar-refractivity contribution in [3.63, 3.8) is 0 Å². The first kappa shape index (κ1) is 28.6. The van der Waals surface area contributed by atoms with Gasteiger partial charge in [0.2, 0.25) is 0 Å². The fourth-order valence-electron chi connectivity index (χ4n) is 5.39. The molecule has 2 aliphatic rings. The van der Waals surface area contributed by atoms with Gasteiger partial charge in [0.05, 0.1) is 22.7 Å². The summed E-state index contributed by atoms with van der Waals surface area (Å²) >= 11 is 1.22. The third kappa shape index (κ3) is 7.06. The number of amides is 1. The van der Waals surface area contributed by atoms with Gasteiger partial charge in [-0.25, -0.2) is 9.38 Å². The number of nitrogens with zero attached hydrogens (tertiary/aromatic N) is 3. The van der Waals surface area contributed by atoms with E-state index in [9.17, 15) is 9.59 Å². The van der Waals surface area contributed by atoms with Crippen molar-refractivity contribution in [2.75, 3.05) is 19.0 Å². The molecular formula is C33H34FN3O3S. The molecule has 212 valence electrons. The molecule has 0 unspecified atom stereocenters. The van der Waals surface area contributed by atoms with E-state index >= 15 is 4.39 Å². The molecule has 0 atom stereocenters. The lowest BCUT2D eigenvalue weighted by Gasteiger charge is -2.23. The summed E-state index contributed by atoms with van der Waals surface area (Å²) in [4.78, 5) is 32.1. The Balaban J connectivity index is 1.24. The van der Waals surface area contributed by atoms with Crippen LogP contribution in [0.2, 0.25) is 0 Å². The SMILES string of the molecule is CN1C(=O)C(=Cc2ccc(N(C)Cc3ccc(C4CCCCC4)cc3)c(F)c2)SC1=Nc1ccc(CC(=O)O)cc1. The number of halogens is 1. The largest absolute Gasteiger partial charge is 0.481 e. The van der Waals surface area contributed by atoms with Crippen LogP contribution < -0.4 is 4.90 Å². The Kier molecular flexibility index (Phi) is 8.88. The van der Waals surface area contributed by atoms with Crippen molar-refractivity contribution in [2.24, 2.45) is 4.99 Å². The van der Waals surface area contributed by atoms with E-state index in [4.69, 9.17) is 5.11 Å². The van der Waals surface area contributed by atoms with Crippen molar-refractivity contribution >= 4 is 46.3 Å². The molecule has 1 saturated carbocycles. The monoisotopic (exact) mass is 571 g/mol. The second-order valence-electron chi connectivity index (χ2n) is 10.7. The topological polar surface area (TPSA) is 73.2 Å². The number of rotatable bonds is 8. The van der Waals surface area contributed by atoms with Gasteiger partial charge in [0.25, 0.3) is 5.91 Å². The van der Waals surface area contributed by atoms with E-state index in [0.29, 0.717) is 45.0 Å². The molecule has 41 heavy (non-hydrogen) atoms. The van der Waals surface area contributed by atoms with E-state index in [1.165, 1.54) is 60.4 Å². The summed E-state index contributed by atoms with van der Waals surface area (Å²) in [6.45, 7) is 0.596. The smallest absolute Gasteiger partial charge is 0.307 e. The number of aliphatic imine (C=N–C) groups is 1. The highest BCUT2D eigenvalue weighted by Gasteiger charge is 2.30. The molecule has 0 spiro atoms. The van der Waals surface area contributed by atoms with Crippen LogP contribution in [0.15, 0.2) is 76.6 Å². The number of hydrogen-bond acceptors (Lipinski definition) is 5. The van der Waals surface area contributed by atoms with Crippen LogP contribution >= 0.6 is 11.8 Å². The van der Waals surface area contributed by atoms with Crippen LogP contribution in [0.25, 0.3) is 6.08 Å². The van der Waals surface area contributed by atoms with Crippen molar-refractivity contribution in [3.8, 4) is 0 Å². The molecule has 3 aromatic carbocycles. The molecule has 1 N–H and O–H groups in total. The number of hydrogen-bond donors (Lipinski definition) is 1. The minimum Gasteiger partial charge on any atom is -0.481 e. The summed E-state index contributed by atoms with van der Waals surface area (Å²) in [5.41, 5.74) is 4.93. The van der Waals surface area contributed by atoms with E-state index in [1.807, 2.05) is 18.0 Å². The number of amidine groups is 1. The molecule has 1 saturated heterocycles. The zero-order chi connectivity index (χ0) is 28.9. The first-order chi connectivity index (χ1) is 19.8. The number of carboxylic acids is 1. The van der Waals surface area contributed by atoms with Crippen LogP contribution in [0.1, 0.15) is 60.3 Å². The maximum atomic E-state index is 15.2. The number of carbonyl (C=O) groups excluding carboxylic acids is 1. The van der Waals surface area contributed by atoms with Gasteiger partial charge in [0, 0.05) is 20.6 Å². The molecule has 6 nitrogen and oxygen atoms in total. The number of carboxylic acid groups (broad SMARTS) is 1. The Morgan fingerprint density at radius 2 is 1.73 bits per heavy atom. The Hall–Kier alpha value is -3.91. The van der Waals surface area contributed by atoms with Crippen LogP contribution in [0, 0.1) is 5.82 Å². The predicted octanol–water partition coefficient (Wildman–Crippen LogP) is 7.37. The number of aliphatic carboxylic acids is 1. The Morgan fingerprint density at radius 3 is 2.39 bits per heavy atom. The molecule has 1 aliphatic heterocycles. The Morgan fingerprint density at radius 1 is 1.05 bits per heavy atom. The first-order valence-corrected chi connectivity index (χ1v) is 14.7. The second-order valence-corrected chi connectivity index (χ2v) is 11.8. The van der Waals surface area contributed by atoms with Crippen molar-refractivity contribution < 1.29 is 19.1 Å². The van der Waals surface area contributed by atoms with Crippen molar-refractivity contribution in [3.05, 3.63) is 99.7 Å². The van der Waals surface area contributed by atoms with Gasteiger partial charge in [-0.15, -0.1) is 0 Å². The molecule has 2 fully saturated rings. The van der Waals surface area contributed by atoms with E-state index in [0.717, 1.165) is 5.56 Å². The molecule has 8 heteroatoms. The van der Waals surface area contributed by atoms with E-state index in [2.05, 4.69) is 29.3 Å². The summed E-state index contributed by atoms with van der Waals surface area (Å²) in [6, 6.07) is 20.6. The molecule has 3 aromatic rings. The fraction of sp³-hybridized carbons (Fsp3) is 0.303. The van der Waals surface area contributed by atoms with Crippen LogP contribution in [-0.2, 0) is 22.6 Å². The number of carbonyl (C=O) groups is 2. The molecule has 5 rings (SSSR count). The number of benzene rings is 3. The lowest BCUT2D eigenvalue weighted by Crippen LogP contribution is -2.23. The Labute approximate surface area is 244 Å². The quantitative estimate of drug-likeness (QED) is 0.286. The fourth-order valence-corrected chi connectivity index (χ4v) is 6.38. The lowest BCUT2D eigenvalue weighted by molar-refractivity contribution is -0.136. The van der Waals surface area contributed by atoms with Crippen molar-refractivity contribution in [1.82, 2.24) is 4.90 Å². The summed E-state index contributed by atoms with van der Waals surface area (Å²) in [5, 5.41) is 9.44. The number of anilines is 1. The third-order valence-corrected chi connectivity index (χ3v) is 8.74. The van der Waals surface area contributed by atoms with E-state index in [1.54, 1.807) is 43.5 Å². The normalized spacial score (nSPS) is 17.9. The summed E-state index contributed by atoms with van der Waals surface area (Å²) in [6.07, 6.45) is 8.12. The Bertz CT molecular complexity index is 1480. The molecule has 0 radical (unpaired) electrons. The zero-order valence-corrected chi connectivity index (χ0v) is 24.2.